The monoisotopic (exact) mass is 355 g/mol. The molecule has 2 atom stereocenters. The number of aromatic nitrogens is 3. The van der Waals surface area contributed by atoms with Crippen molar-refractivity contribution in [1.82, 2.24) is 24.6 Å². The van der Waals surface area contributed by atoms with Crippen LogP contribution in [0, 0.1) is 19.8 Å². The molecule has 0 aromatic carbocycles. The number of nitrogens with zero attached hydrogens (tertiary/aromatic N) is 4. The van der Waals surface area contributed by atoms with E-state index in [9.17, 15) is 0 Å². The molecule has 0 radical (unpaired) electrons. The zero-order valence-corrected chi connectivity index (χ0v) is 15.9. The number of thiazole rings is 1. The van der Waals surface area contributed by atoms with Crippen LogP contribution < -0.4 is 5.32 Å². The molecular weight excluding hydrogens is 330 g/mol. The molecule has 3 aromatic heterocycles. The molecule has 4 heterocycles. The zero-order chi connectivity index (χ0) is 17.4. The van der Waals surface area contributed by atoms with Crippen LogP contribution in [0.25, 0.3) is 4.96 Å². The number of pyridine rings is 1. The van der Waals surface area contributed by atoms with Crippen molar-refractivity contribution in [3.8, 4) is 0 Å². The first-order chi connectivity index (χ1) is 12.1. The Morgan fingerprint density at radius 1 is 1.36 bits per heavy atom. The van der Waals surface area contributed by atoms with Gasteiger partial charge in [0.1, 0.15) is 0 Å². The molecule has 0 bridgehead atoms. The van der Waals surface area contributed by atoms with Crippen LogP contribution in [0.5, 0.6) is 0 Å². The van der Waals surface area contributed by atoms with E-state index in [1.54, 1.807) is 11.3 Å². The highest BCUT2D eigenvalue weighted by Gasteiger charge is 2.32. The smallest absolute Gasteiger partial charge is 0.194 e. The number of nitrogens with one attached hydrogen (secondary N) is 1. The summed E-state index contributed by atoms with van der Waals surface area (Å²) in [6.45, 7) is 7.26. The number of rotatable bonds is 5. The van der Waals surface area contributed by atoms with Gasteiger partial charge in [-0.15, -0.1) is 11.3 Å². The molecule has 0 aliphatic carbocycles. The highest BCUT2D eigenvalue weighted by Crippen LogP contribution is 2.35. The molecule has 1 saturated heterocycles. The Labute approximate surface area is 152 Å². The molecule has 0 unspecified atom stereocenters. The van der Waals surface area contributed by atoms with Crippen molar-refractivity contribution in [3.05, 3.63) is 52.6 Å². The zero-order valence-electron chi connectivity index (χ0n) is 15.1. The number of hydrogen-bond donors (Lipinski definition) is 1. The molecule has 0 spiro atoms. The molecule has 1 fully saturated rings. The summed E-state index contributed by atoms with van der Waals surface area (Å²) in [5.41, 5.74) is 3.74. The lowest BCUT2D eigenvalue weighted by Gasteiger charge is -2.25. The Balaban J connectivity index is 1.44. The van der Waals surface area contributed by atoms with Crippen LogP contribution in [0.2, 0.25) is 0 Å². The Hall–Kier alpha value is -1.76. The van der Waals surface area contributed by atoms with Crippen molar-refractivity contribution >= 4 is 16.3 Å². The second-order valence-corrected chi connectivity index (χ2v) is 8.24. The molecule has 132 valence electrons. The van der Waals surface area contributed by atoms with Gasteiger partial charge in [0.25, 0.3) is 0 Å². The normalized spacial score (nSPS) is 21.4. The van der Waals surface area contributed by atoms with E-state index in [4.69, 9.17) is 0 Å². The van der Waals surface area contributed by atoms with E-state index in [2.05, 4.69) is 57.7 Å². The fourth-order valence-electron chi connectivity index (χ4n) is 4.02. The molecule has 0 amide bonds. The fraction of sp³-hybridized carbons (Fsp3) is 0.474. The quantitative estimate of drug-likeness (QED) is 0.763. The van der Waals surface area contributed by atoms with E-state index in [0.29, 0.717) is 12.0 Å². The average molecular weight is 356 g/mol. The molecule has 4 rings (SSSR count). The first-order valence-corrected chi connectivity index (χ1v) is 9.70. The van der Waals surface area contributed by atoms with Crippen LogP contribution in [-0.4, -0.2) is 39.4 Å². The summed E-state index contributed by atoms with van der Waals surface area (Å²) < 4.78 is 2.24. The van der Waals surface area contributed by atoms with Crippen molar-refractivity contribution in [2.24, 2.45) is 5.92 Å². The lowest BCUT2D eigenvalue weighted by atomic mass is 9.95. The fourth-order valence-corrected chi connectivity index (χ4v) is 4.91. The molecule has 25 heavy (non-hydrogen) atoms. The van der Waals surface area contributed by atoms with Gasteiger partial charge in [-0.2, -0.15) is 0 Å². The summed E-state index contributed by atoms with van der Waals surface area (Å²) in [6, 6.07) is 4.69. The number of hydrogen-bond acceptors (Lipinski definition) is 5. The number of likely N-dealkylation sites (tertiary alicyclic amines) is 1. The van der Waals surface area contributed by atoms with Gasteiger partial charge in [0.15, 0.2) is 4.96 Å². The molecule has 6 heteroatoms. The van der Waals surface area contributed by atoms with Crippen molar-refractivity contribution in [1.29, 1.82) is 0 Å². The highest BCUT2D eigenvalue weighted by molar-refractivity contribution is 7.17. The van der Waals surface area contributed by atoms with Gasteiger partial charge in [0.05, 0.1) is 11.4 Å². The van der Waals surface area contributed by atoms with Gasteiger partial charge in [-0.25, -0.2) is 4.98 Å². The molecule has 0 saturated carbocycles. The molecular formula is C19H25N5S. The molecule has 3 aromatic rings. The minimum absolute atomic E-state index is 0.455. The second-order valence-electron chi connectivity index (χ2n) is 7.03. The van der Waals surface area contributed by atoms with E-state index in [1.807, 2.05) is 18.5 Å². The van der Waals surface area contributed by atoms with Crippen molar-refractivity contribution in [2.75, 3.05) is 20.1 Å². The summed E-state index contributed by atoms with van der Waals surface area (Å²) in [6.07, 6.45) is 7.28. The Kier molecular flexibility index (Phi) is 4.58. The molecule has 5 nitrogen and oxygen atoms in total. The van der Waals surface area contributed by atoms with Crippen LogP contribution in [0.1, 0.15) is 34.3 Å². The van der Waals surface area contributed by atoms with E-state index in [0.717, 1.165) is 30.3 Å². The first kappa shape index (κ1) is 16.7. The minimum atomic E-state index is 0.455. The van der Waals surface area contributed by atoms with Crippen LogP contribution in [-0.2, 0) is 6.54 Å². The van der Waals surface area contributed by atoms with Crippen LogP contribution in [0.3, 0.4) is 0 Å². The predicted octanol–water partition coefficient (Wildman–Crippen LogP) is 3.19. The summed E-state index contributed by atoms with van der Waals surface area (Å²) in [5.74, 6) is 0.613. The molecule has 1 N–H and O–H groups in total. The van der Waals surface area contributed by atoms with Crippen LogP contribution >= 0.6 is 11.3 Å². The predicted molar refractivity (Wildman–Crippen MR) is 102 cm³/mol. The third-order valence-corrected chi connectivity index (χ3v) is 6.14. The summed E-state index contributed by atoms with van der Waals surface area (Å²) in [7, 11) is 2.22. The van der Waals surface area contributed by atoms with E-state index < -0.39 is 0 Å². The van der Waals surface area contributed by atoms with Crippen molar-refractivity contribution < 1.29 is 0 Å². The maximum atomic E-state index is 4.68. The third kappa shape index (κ3) is 3.21. The number of aryl methyl sites for hydroxylation is 2. The Bertz CT molecular complexity index is 853. The molecule has 1 aliphatic heterocycles. The molecule has 1 aliphatic rings. The number of imidazole rings is 1. The van der Waals surface area contributed by atoms with Gasteiger partial charge in [-0.05, 0) is 51.4 Å². The lowest BCUT2D eigenvalue weighted by molar-refractivity contribution is 0.271. The van der Waals surface area contributed by atoms with Gasteiger partial charge >= 0.3 is 0 Å². The van der Waals surface area contributed by atoms with Gasteiger partial charge < -0.3 is 5.32 Å². The van der Waals surface area contributed by atoms with Gasteiger partial charge in [-0.3, -0.25) is 14.3 Å². The summed E-state index contributed by atoms with van der Waals surface area (Å²) in [4.78, 5) is 13.8. The highest BCUT2D eigenvalue weighted by atomic mass is 32.1. The lowest BCUT2D eigenvalue weighted by Crippen LogP contribution is -2.28. The van der Waals surface area contributed by atoms with Crippen molar-refractivity contribution in [2.45, 2.75) is 32.9 Å². The summed E-state index contributed by atoms with van der Waals surface area (Å²) >= 11 is 1.75. The Morgan fingerprint density at radius 3 is 3.04 bits per heavy atom. The maximum Gasteiger partial charge on any atom is 0.194 e. The van der Waals surface area contributed by atoms with Crippen LogP contribution in [0.15, 0.2) is 30.7 Å². The minimum Gasteiger partial charge on any atom is -0.311 e. The summed E-state index contributed by atoms with van der Waals surface area (Å²) in [5, 5.41) is 3.69. The Morgan fingerprint density at radius 2 is 2.24 bits per heavy atom. The maximum absolute atomic E-state index is 4.68. The largest absolute Gasteiger partial charge is 0.311 e. The number of fused-ring (bicyclic) bond motifs is 1. The van der Waals surface area contributed by atoms with Gasteiger partial charge in [-0.1, -0.05) is 6.07 Å². The third-order valence-electron chi connectivity index (χ3n) is 5.24. The average Bonchev–Trinajstić information content (AvgIpc) is 3.22. The van der Waals surface area contributed by atoms with Gasteiger partial charge in [0.2, 0.25) is 0 Å². The van der Waals surface area contributed by atoms with Crippen molar-refractivity contribution in [3.63, 3.8) is 0 Å². The first-order valence-electron chi connectivity index (χ1n) is 8.88. The van der Waals surface area contributed by atoms with E-state index >= 15 is 0 Å². The van der Waals surface area contributed by atoms with Crippen LogP contribution in [0.4, 0.5) is 0 Å². The van der Waals surface area contributed by atoms with E-state index in [-0.39, 0.29) is 0 Å². The second kappa shape index (κ2) is 6.86. The van der Waals surface area contributed by atoms with E-state index in [1.165, 1.54) is 22.6 Å². The topological polar surface area (TPSA) is 45.5 Å². The van der Waals surface area contributed by atoms with Gasteiger partial charge in [0, 0.05) is 42.6 Å². The standard InChI is InChI=1S/C19H25N5S/c1-13-12-24-17(14(2)22-19(24)25-13)11-21-10-16-6-8-23(3)18(16)15-5-4-7-20-9-15/h4-5,7,9,12,16,18,21H,6,8,10-11H2,1-3H3/t16-,18-/m0/s1. The SMILES string of the molecule is Cc1cn2c(CNC[C@@H]3CCN(C)[C@H]3c3cccnc3)c(C)nc2s1.